The van der Waals surface area contributed by atoms with Crippen molar-refractivity contribution < 1.29 is 24.0 Å². The summed E-state index contributed by atoms with van der Waals surface area (Å²) in [6.07, 6.45) is -1.39. The molecule has 1 aromatic rings. The minimum absolute atomic E-state index is 0.0227. The Kier molecular flexibility index (Phi) is 4.01. The maximum absolute atomic E-state index is 11.4. The van der Waals surface area contributed by atoms with E-state index in [1.807, 2.05) is 0 Å². The number of aliphatic hydroxyl groups excluding tert-OH is 1. The van der Waals surface area contributed by atoms with Gasteiger partial charge < -0.3 is 19.7 Å². The summed E-state index contributed by atoms with van der Waals surface area (Å²) in [7, 11) is 1.15. The van der Waals surface area contributed by atoms with Crippen molar-refractivity contribution in [3.05, 3.63) is 17.5 Å². The van der Waals surface area contributed by atoms with E-state index in [1.165, 1.54) is 6.07 Å². The van der Waals surface area contributed by atoms with Crippen LogP contribution < -0.4 is 5.32 Å². The predicted octanol–water partition coefficient (Wildman–Crippen LogP) is -0.753. The lowest BCUT2D eigenvalue weighted by Crippen LogP contribution is -2.37. The zero-order valence-electron chi connectivity index (χ0n) is 8.89. The zero-order valence-corrected chi connectivity index (χ0v) is 8.89. The van der Waals surface area contributed by atoms with Gasteiger partial charge in [0.15, 0.2) is 6.10 Å². The van der Waals surface area contributed by atoms with Crippen molar-refractivity contribution >= 4 is 11.9 Å². The van der Waals surface area contributed by atoms with Gasteiger partial charge >= 0.3 is 5.97 Å². The van der Waals surface area contributed by atoms with Gasteiger partial charge in [-0.3, -0.25) is 4.79 Å². The SMILES string of the molecule is COC(=O)C(O)CNC(=O)c1cc(C)no1. The number of hydrogen-bond donors (Lipinski definition) is 2. The number of amides is 1. The van der Waals surface area contributed by atoms with Gasteiger partial charge in [0.2, 0.25) is 5.76 Å². The van der Waals surface area contributed by atoms with Crippen LogP contribution in [0.4, 0.5) is 0 Å². The fraction of sp³-hybridized carbons (Fsp3) is 0.444. The molecule has 88 valence electrons. The Morgan fingerprint density at radius 1 is 1.69 bits per heavy atom. The second kappa shape index (κ2) is 5.26. The molecular weight excluding hydrogens is 216 g/mol. The molecule has 16 heavy (non-hydrogen) atoms. The molecule has 1 atom stereocenters. The number of methoxy groups -OCH3 is 1. The van der Waals surface area contributed by atoms with E-state index in [9.17, 15) is 14.7 Å². The lowest BCUT2D eigenvalue weighted by atomic mass is 10.3. The molecule has 0 aliphatic rings. The van der Waals surface area contributed by atoms with Gasteiger partial charge in [0.25, 0.3) is 5.91 Å². The fourth-order valence-electron chi connectivity index (χ4n) is 0.966. The standard InChI is InChI=1S/C9H12N2O5/c1-5-3-7(16-11-5)8(13)10-4-6(12)9(14)15-2/h3,6,12H,4H2,1-2H3,(H,10,13). The molecule has 1 aromatic heterocycles. The molecule has 0 saturated carbocycles. The molecule has 0 aromatic carbocycles. The van der Waals surface area contributed by atoms with Crippen molar-refractivity contribution in [1.82, 2.24) is 10.5 Å². The van der Waals surface area contributed by atoms with Crippen LogP contribution in [0.5, 0.6) is 0 Å². The minimum atomic E-state index is -1.39. The molecule has 0 spiro atoms. The van der Waals surface area contributed by atoms with Gasteiger partial charge in [0.1, 0.15) is 0 Å². The molecule has 7 heteroatoms. The van der Waals surface area contributed by atoms with Crippen LogP contribution in [-0.4, -0.2) is 41.9 Å². The van der Waals surface area contributed by atoms with Crippen LogP contribution in [0.15, 0.2) is 10.6 Å². The molecule has 0 bridgehead atoms. The molecule has 0 saturated heterocycles. The first-order chi connectivity index (χ1) is 7.54. The summed E-state index contributed by atoms with van der Waals surface area (Å²) >= 11 is 0. The van der Waals surface area contributed by atoms with Crippen molar-refractivity contribution in [2.24, 2.45) is 0 Å². The van der Waals surface area contributed by atoms with Crippen LogP contribution in [0.1, 0.15) is 16.2 Å². The monoisotopic (exact) mass is 228 g/mol. The summed E-state index contributed by atoms with van der Waals surface area (Å²) in [5, 5.41) is 15.0. The Labute approximate surface area is 91.4 Å². The molecule has 1 heterocycles. The highest BCUT2D eigenvalue weighted by Crippen LogP contribution is 2.01. The van der Waals surface area contributed by atoms with Crippen LogP contribution in [0, 0.1) is 6.92 Å². The van der Waals surface area contributed by atoms with Gasteiger partial charge in [0, 0.05) is 6.07 Å². The minimum Gasteiger partial charge on any atom is -0.467 e. The predicted molar refractivity (Wildman–Crippen MR) is 51.6 cm³/mol. The maximum atomic E-state index is 11.4. The van der Waals surface area contributed by atoms with E-state index in [0.717, 1.165) is 7.11 Å². The number of carbonyl (C=O) groups is 2. The van der Waals surface area contributed by atoms with Crippen LogP contribution in [0.2, 0.25) is 0 Å². The van der Waals surface area contributed by atoms with E-state index in [2.05, 4.69) is 19.7 Å². The molecular formula is C9H12N2O5. The zero-order chi connectivity index (χ0) is 12.1. The summed E-state index contributed by atoms with van der Waals surface area (Å²) < 4.78 is 8.96. The number of carbonyl (C=O) groups excluding carboxylic acids is 2. The van der Waals surface area contributed by atoms with Crippen molar-refractivity contribution in [3.8, 4) is 0 Å². The first-order valence-corrected chi connectivity index (χ1v) is 4.52. The van der Waals surface area contributed by atoms with Crippen LogP contribution in [0.3, 0.4) is 0 Å². The van der Waals surface area contributed by atoms with E-state index in [4.69, 9.17) is 0 Å². The summed E-state index contributed by atoms with van der Waals surface area (Å²) in [6, 6.07) is 1.44. The molecule has 7 nitrogen and oxygen atoms in total. The Bertz CT molecular complexity index is 387. The number of nitrogens with zero attached hydrogens (tertiary/aromatic N) is 1. The van der Waals surface area contributed by atoms with E-state index in [-0.39, 0.29) is 12.3 Å². The van der Waals surface area contributed by atoms with Crippen molar-refractivity contribution in [2.75, 3.05) is 13.7 Å². The first-order valence-electron chi connectivity index (χ1n) is 4.52. The number of esters is 1. The normalized spacial score (nSPS) is 11.9. The van der Waals surface area contributed by atoms with E-state index < -0.39 is 18.0 Å². The van der Waals surface area contributed by atoms with E-state index in [0.29, 0.717) is 5.69 Å². The third-order valence-electron chi connectivity index (χ3n) is 1.78. The highest BCUT2D eigenvalue weighted by atomic mass is 16.5. The lowest BCUT2D eigenvalue weighted by molar-refractivity contribution is -0.149. The third kappa shape index (κ3) is 3.06. The van der Waals surface area contributed by atoms with Gasteiger partial charge in [-0.2, -0.15) is 0 Å². The molecule has 2 N–H and O–H groups in total. The van der Waals surface area contributed by atoms with Gasteiger partial charge in [-0.15, -0.1) is 0 Å². The number of aryl methyl sites for hydroxylation is 1. The van der Waals surface area contributed by atoms with Gasteiger partial charge in [-0.05, 0) is 6.92 Å². The number of hydrogen-bond acceptors (Lipinski definition) is 6. The van der Waals surface area contributed by atoms with Crippen LogP contribution in [0.25, 0.3) is 0 Å². The number of ether oxygens (including phenoxy) is 1. The molecule has 0 fully saturated rings. The third-order valence-corrected chi connectivity index (χ3v) is 1.78. The van der Waals surface area contributed by atoms with E-state index >= 15 is 0 Å². The van der Waals surface area contributed by atoms with Gasteiger partial charge in [0.05, 0.1) is 19.3 Å². The smallest absolute Gasteiger partial charge is 0.336 e. The molecule has 0 radical (unpaired) electrons. The average Bonchev–Trinajstić information content (AvgIpc) is 2.71. The molecule has 0 aliphatic heterocycles. The molecule has 1 rings (SSSR count). The van der Waals surface area contributed by atoms with Crippen molar-refractivity contribution in [1.29, 1.82) is 0 Å². The molecule has 1 unspecified atom stereocenters. The first kappa shape index (κ1) is 12.2. The largest absolute Gasteiger partial charge is 0.467 e. The second-order valence-electron chi connectivity index (χ2n) is 3.08. The number of rotatable bonds is 4. The summed E-state index contributed by atoms with van der Waals surface area (Å²) in [6.45, 7) is 1.43. The lowest BCUT2D eigenvalue weighted by Gasteiger charge is -2.08. The van der Waals surface area contributed by atoms with Crippen molar-refractivity contribution in [2.45, 2.75) is 13.0 Å². The highest BCUT2D eigenvalue weighted by molar-refractivity contribution is 5.91. The topological polar surface area (TPSA) is 102 Å². The number of nitrogens with one attached hydrogen (secondary N) is 1. The fourth-order valence-corrected chi connectivity index (χ4v) is 0.966. The second-order valence-corrected chi connectivity index (χ2v) is 3.08. The molecule has 1 amide bonds. The van der Waals surface area contributed by atoms with Gasteiger partial charge in [-0.25, -0.2) is 4.79 Å². The van der Waals surface area contributed by atoms with Gasteiger partial charge in [-0.1, -0.05) is 5.16 Å². The Balaban J connectivity index is 2.44. The Hall–Kier alpha value is -1.89. The Morgan fingerprint density at radius 3 is 2.88 bits per heavy atom. The Morgan fingerprint density at radius 2 is 2.38 bits per heavy atom. The maximum Gasteiger partial charge on any atom is 0.336 e. The van der Waals surface area contributed by atoms with Crippen LogP contribution >= 0.6 is 0 Å². The summed E-state index contributed by atoms with van der Waals surface area (Å²) in [5.41, 5.74) is 0.568. The van der Waals surface area contributed by atoms with E-state index in [1.54, 1.807) is 6.92 Å². The van der Waals surface area contributed by atoms with Crippen LogP contribution in [-0.2, 0) is 9.53 Å². The quantitative estimate of drug-likeness (QED) is 0.657. The molecule has 0 aliphatic carbocycles. The number of aliphatic hydroxyl groups is 1. The summed E-state index contributed by atoms with van der Waals surface area (Å²) in [4.78, 5) is 22.2. The number of aromatic nitrogens is 1. The van der Waals surface area contributed by atoms with Crippen molar-refractivity contribution in [3.63, 3.8) is 0 Å². The summed E-state index contributed by atoms with van der Waals surface area (Å²) in [5.74, 6) is -1.34. The average molecular weight is 228 g/mol. The highest BCUT2D eigenvalue weighted by Gasteiger charge is 2.18.